The lowest BCUT2D eigenvalue weighted by molar-refractivity contribution is 1.21. The molecule has 0 aliphatic rings. The fraction of sp³-hybridized carbons (Fsp3) is 0. The summed E-state index contributed by atoms with van der Waals surface area (Å²) in [5.74, 6) is 0. The number of pyridine rings is 1. The zero-order chi connectivity index (χ0) is 7.72. The fourth-order valence-corrected chi connectivity index (χ4v) is 1.85. The molecule has 0 aromatic carbocycles. The summed E-state index contributed by atoms with van der Waals surface area (Å²) in [5.41, 5.74) is 0. The van der Waals surface area contributed by atoms with Crippen molar-refractivity contribution in [2.75, 3.05) is 0 Å². The highest BCUT2D eigenvalue weighted by molar-refractivity contribution is 9.13. The first-order valence-corrected chi connectivity index (χ1v) is 5.04. The molecule has 54 valence electrons. The third-order valence-electron chi connectivity index (χ3n) is 0.844. The SMILES string of the molecule is Clc1cc(Br)c(Br)nc1Br. The van der Waals surface area contributed by atoms with Gasteiger partial charge >= 0.3 is 0 Å². The van der Waals surface area contributed by atoms with Crippen molar-refractivity contribution in [2.45, 2.75) is 0 Å². The molecule has 5 heteroatoms. The Morgan fingerprint density at radius 1 is 1.20 bits per heavy atom. The van der Waals surface area contributed by atoms with Gasteiger partial charge in [-0.25, -0.2) is 4.98 Å². The predicted molar refractivity (Wildman–Crippen MR) is 52.3 cm³/mol. The number of nitrogens with zero attached hydrogens (tertiary/aromatic N) is 1. The van der Waals surface area contributed by atoms with E-state index in [-0.39, 0.29) is 0 Å². The van der Waals surface area contributed by atoms with Gasteiger partial charge in [0.15, 0.2) is 0 Å². The quantitative estimate of drug-likeness (QED) is 0.644. The first kappa shape index (κ1) is 8.97. The number of hydrogen-bond donors (Lipinski definition) is 0. The minimum Gasteiger partial charge on any atom is -0.231 e. The molecule has 1 aromatic rings. The van der Waals surface area contributed by atoms with Crippen LogP contribution < -0.4 is 0 Å². The standard InChI is InChI=1S/C5HBr3ClN/c6-2-1-3(9)5(8)10-4(2)7/h1H. The number of aromatic nitrogens is 1. The normalized spacial score (nSPS) is 10.0. The van der Waals surface area contributed by atoms with Gasteiger partial charge in [-0.3, -0.25) is 0 Å². The summed E-state index contributed by atoms with van der Waals surface area (Å²) in [6.07, 6.45) is 0. The van der Waals surface area contributed by atoms with E-state index < -0.39 is 0 Å². The average molecular weight is 350 g/mol. The molecule has 0 saturated carbocycles. The molecule has 0 saturated heterocycles. The van der Waals surface area contributed by atoms with Crippen LogP contribution in [0.25, 0.3) is 0 Å². The lowest BCUT2D eigenvalue weighted by atomic mass is 10.5. The number of rotatable bonds is 0. The maximum Gasteiger partial charge on any atom is 0.126 e. The van der Waals surface area contributed by atoms with Crippen molar-refractivity contribution in [2.24, 2.45) is 0 Å². The molecule has 0 N–H and O–H groups in total. The van der Waals surface area contributed by atoms with Gasteiger partial charge in [-0.2, -0.15) is 0 Å². The molecule has 0 aliphatic heterocycles. The van der Waals surface area contributed by atoms with Crippen molar-refractivity contribution in [3.05, 3.63) is 24.8 Å². The van der Waals surface area contributed by atoms with E-state index in [0.29, 0.717) is 9.63 Å². The molecule has 0 aliphatic carbocycles. The Hall–Kier alpha value is 0.880. The summed E-state index contributed by atoms with van der Waals surface area (Å²) in [6, 6.07) is 1.77. The molecular formula is C5HBr3ClN. The fourth-order valence-electron chi connectivity index (χ4n) is 0.423. The molecule has 1 rings (SSSR count). The molecule has 0 bridgehead atoms. The van der Waals surface area contributed by atoms with Crippen molar-refractivity contribution in [1.82, 2.24) is 4.98 Å². The Balaban J connectivity index is 3.28. The van der Waals surface area contributed by atoms with Crippen molar-refractivity contribution in [3.63, 3.8) is 0 Å². The number of hydrogen-bond acceptors (Lipinski definition) is 1. The molecule has 0 unspecified atom stereocenters. The Morgan fingerprint density at radius 3 is 2.30 bits per heavy atom. The van der Waals surface area contributed by atoms with Gasteiger partial charge in [-0.05, 0) is 53.9 Å². The summed E-state index contributed by atoms with van der Waals surface area (Å²) in [5, 5.41) is 0.593. The van der Waals surface area contributed by atoms with Crippen LogP contribution in [-0.4, -0.2) is 4.98 Å². The van der Waals surface area contributed by atoms with Gasteiger partial charge < -0.3 is 0 Å². The lowest BCUT2D eigenvalue weighted by Gasteiger charge is -1.97. The van der Waals surface area contributed by atoms with Crippen LogP contribution in [0, 0.1) is 0 Å². The highest BCUT2D eigenvalue weighted by Crippen LogP contribution is 2.29. The minimum atomic E-state index is 0.593. The van der Waals surface area contributed by atoms with Gasteiger partial charge in [0.25, 0.3) is 0 Å². The van der Waals surface area contributed by atoms with Gasteiger partial charge in [0.1, 0.15) is 9.21 Å². The smallest absolute Gasteiger partial charge is 0.126 e. The highest BCUT2D eigenvalue weighted by Gasteiger charge is 2.02. The van der Waals surface area contributed by atoms with Crippen LogP contribution in [0.3, 0.4) is 0 Å². The summed E-state index contributed by atoms with van der Waals surface area (Å²) in [4.78, 5) is 4.03. The van der Waals surface area contributed by atoms with Crippen LogP contribution in [0.2, 0.25) is 5.02 Å². The second kappa shape index (κ2) is 3.52. The molecule has 0 radical (unpaired) electrons. The first-order chi connectivity index (χ1) is 4.61. The molecule has 0 atom stereocenters. The third kappa shape index (κ3) is 1.94. The molecule has 0 amide bonds. The first-order valence-electron chi connectivity index (χ1n) is 2.28. The maximum atomic E-state index is 5.73. The highest BCUT2D eigenvalue weighted by atomic mass is 79.9. The maximum absolute atomic E-state index is 5.73. The molecule has 1 aromatic heterocycles. The van der Waals surface area contributed by atoms with E-state index in [0.717, 1.165) is 9.08 Å². The average Bonchev–Trinajstić information content (AvgIpc) is 1.84. The Kier molecular flexibility index (Phi) is 3.16. The van der Waals surface area contributed by atoms with Crippen LogP contribution in [0.1, 0.15) is 0 Å². The second-order valence-electron chi connectivity index (χ2n) is 1.53. The number of halogens is 4. The molecule has 0 fully saturated rings. The van der Waals surface area contributed by atoms with Crippen molar-refractivity contribution < 1.29 is 0 Å². The summed E-state index contributed by atoms with van der Waals surface area (Å²) in [7, 11) is 0. The monoisotopic (exact) mass is 347 g/mol. The van der Waals surface area contributed by atoms with E-state index in [1.165, 1.54) is 0 Å². The van der Waals surface area contributed by atoms with E-state index in [9.17, 15) is 0 Å². The van der Waals surface area contributed by atoms with Crippen LogP contribution in [0.15, 0.2) is 19.7 Å². The Morgan fingerprint density at radius 2 is 1.80 bits per heavy atom. The summed E-state index contributed by atoms with van der Waals surface area (Å²) in [6.45, 7) is 0. The van der Waals surface area contributed by atoms with E-state index >= 15 is 0 Å². The van der Waals surface area contributed by atoms with Crippen molar-refractivity contribution in [3.8, 4) is 0 Å². The topological polar surface area (TPSA) is 12.9 Å². The van der Waals surface area contributed by atoms with Gasteiger partial charge in [-0.1, -0.05) is 11.6 Å². The zero-order valence-electron chi connectivity index (χ0n) is 4.54. The van der Waals surface area contributed by atoms with E-state index in [4.69, 9.17) is 11.6 Å². The molecule has 0 spiro atoms. The molecule has 10 heavy (non-hydrogen) atoms. The zero-order valence-corrected chi connectivity index (χ0v) is 10.1. The summed E-state index contributed by atoms with van der Waals surface area (Å²) < 4.78 is 2.23. The van der Waals surface area contributed by atoms with Crippen LogP contribution in [0.5, 0.6) is 0 Å². The molecule has 1 nitrogen and oxygen atoms in total. The second-order valence-corrected chi connectivity index (χ2v) is 4.30. The van der Waals surface area contributed by atoms with Crippen molar-refractivity contribution in [1.29, 1.82) is 0 Å². The van der Waals surface area contributed by atoms with Gasteiger partial charge in [0, 0.05) is 0 Å². The van der Waals surface area contributed by atoms with E-state index in [1.54, 1.807) is 6.07 Å². The van der Waals surface area contributed by atoms with Crippen LogP contribution in [-0.2, 0) is 0 Å². The van der Waals surface area contributed by atoms with Gasteiger partial charge in [0.05, 0.1) is 9.50 Å². The van der Waals surface area contributed by atoms with Gasteiger partial charge in [-0.15, -0.1) is 0 Å². The molecular weight excluding hydrogens is 349 g/mol. The van der Waals surface area contributed by atoms with Crippen molar-refractivity contribution >= 4 is 59.4 Å². The molecule has 1 heterocycles. The van der Waals surface area contributed by atoms with Crippen LogP contribution in [0.4, 0.5) is 0 Å². The third-order valence-corrected chi connectivity index (χ3v) is 3.71. The van der Waals surface area contributed by atoms with Gasteiger partial charge in [0.2, 0.25) is 0 Å². The Bertz CT molecular complexity index is 213. The minimum absolute atomic E-state index is 0.593. The Labute approximate surface area is 88.6 Å². The van der Waals surface area contributed by atoms with E-state index in [2.05, 4.69) is 52.8 Å². The summed E-state index contributed by atoms with van der Waals surface area (Å²) >= 11 is 15.4. The largest absolute Gasteiger partial charge is 0.231 e. The van der Waals surface area contributed by atoms with Crippen LogP contribution >= 0.6 is 59.4 Å². The van der Waals surface area contributed by atoms with E-state index in [1.807, 2.05) is 0 Å². The lowest BCUT2D eigenvalue weighted by Crippen LogP contribution is -1.79. The predicted octanol–water partition coefficient (Wildman–Crippen LogP) is 4.02.